The summed E-state index contributed by atoms with van der Waals surface area (Å²) in [6.45, 7) is 10.5. The first-order valence-corrected chi connectivity index (χ1v) is 10.3. The van der Waals surface area contributed by atoms with Gasteiger partial charge in [0.2, 0.25) is 0 Å². The lowest BCUT2D eigenvalue weighted by Crippen LogP contribution is -2.76. The highest BCUT2D eigenvalue weighted by Gasteiger charge is 2.51. The molecule has 7 nitrogen and oxygen atoms in total. The van der Waals surface area contributed by atoms with E-state index in [1.807, 2.05) is 46.8 Å². The zero-order valence-corrected chi connectivity index (χ0v) is 19.3. The Morgan fingerprint density at radius 2 is 1.86 bits per heavy atom. The summed E-state index contributed by atoms with van der Waals surface area (Å²) in [7, 11) is 0. The fraction of sp³-hybridized carbons (Fsp3) is 0.762. The second kappa shape index (κ2) is 10.6. The predicted molar refractivity (Wildman–Crippen MR) is 119 cm³/mol. The van der Waals surface area contributed by atoms with E-state index in [4.69, 9.17) is 4.74 Å². The van der Waals surface area contributed by atoms with E-state index >= 15 is 0 Å². The Balaban J connectivity index is 0.00000420. The van der Waals surface area contributed by atoms with Gasteiger partial charge in [-0.3, -0.25) is 20.2 Å². The van der Waals surface area contributed by atoms with Gasteiger partial charge >= 0.3 is 6.09 Å². The van der Waals surface area contributed by atoms with Crippen LogP contribution in [0.2, 0.25) is 0 Å². The summed E-state index contributed by atoms with van der Waals surface area (Å²) in [5, 5.41) is 6.59. The van der Waals surface area contributed by atoms with Crippen molar-refractivity contribution in [3.63, 3.8) is 0 Å². The van der Waals surface area contributed by atoms with Crippen LogP contribution in [0.3, 0.4) is 0 Å². The fourth-order valence-corrected chi connectivity index (χ4v) is 3.99. The van der Waals surface area contributed by atoms with Crippen LogP contribution in [-0.4, -0.2) is 65.9 Å². The van der Waals surface area contributed by atoms with E-state index in [1.165, 1.54) is 0 Å². The van der Waals surface area contributed by atoms with Crippen LogP contribution in [0.4, 0.5) is 4.79 Å². The standard InChI is InChI=1S/C21H35N3O4.H2S/c1-15(2)18(26)20(5)10-8-6-7-9-11-28-19(27)24-13-21(14-24,23-16(3)4)17(25)12-22-20;/h7,9,15-16,22-23H,6,8,10-14H2,1-5H3;1H2/t20-;/m0./s1. The maximum Gasteiger partial charge on any atom is 0.410 e. The molecule has 3 aliphatic heterocycles. The first-order chi connectivity index (χ1) is 13.1. The van der Waals surface area contributed by atoms with Crippen LogP contribution in [-0.2, 0) is 14.3 Å². The summed E-state index contributed by atoms with van der Waals surface area (Å²) in [5.74, 6) is -0.0209. The lowest BCUT2D eigenvalue weighted by molar-refractivity contribution is -0.133. The van der Waals surface area contributed by atoms with Crippen LogP contribution >= 0.6 is 13.5 Å². The molecule has 0 unspecified atom stereocenters. The van der Waals surface area contributed by atoms with Crippen molar-refractivity contribution < 1.29 is 19.1 Å². The molecule has 0 aromatic heterocycles. The summed E-state index contributed by atoms with van der Waals surface area (Å²) in [6, 6.07) is 0.0933. The number of rotatable bonds is 4. The van der Waals surface area contributed by atoms with Gasteiger partial charge in [-0.2, -0.15) is 13.5 Å². The van der Waals surface area contributed by atoms with Gasteiger partial charge in [-0.15, -0.1) is 0 Å². The zero-order valence-electron chi connectivity index (χ0n) is 18.3. The van der Waals surface area contributed by atoms with E-state index in [1.54, 1.807) is 4.90 Å². The van der Waals surface area contributed by atoms with Crippen LogP contribution < -0.4 is 10.6 Å². The Morgan fingerprint density at radius 1 is 1.21 bits per heavy atom. The van der Waals surface area contributed by atoms with Gasteiger partial charge in [0.05, 0.1) is 25.2 Å². The molecule has 0 aromatic carbocycles. The molecule has 0 saturated carbocycles. The quantitative estimate of drug-likeness (QED) is 0.669. The Kier molecular flexibility index (Phi) is 9.37. The minimum absolute atomic E-state index is 0. The maximum atomic E-state index is 13.1. The molecule has 0 radical (unpaired) electrons. The molecule has 3 heterocycles. The third-order valence-electron chi connectivity index (χ3n) is 5.50. The van der Waals surface area contributed by atoms with Crippen molar-refractivity contribution in [1.82, 2.24) is 15.5 Å². The Hall–Kier alpha value is -1.38. The number of fused-ring (bicyclic) bond motifs is 10. The van der Waals surface area contributed by atoms with Crippen molar-refractivity contribution in [2.45, 2.75) is 71.0 Å². The predicted octanol–water partition coefficient (Wildman–Crippen LogP) is 2.17. The molecule has 1 amide bonds. The molecule has 1 fully saturated rings. The number of amides is 1. The van der Waals surface area contributed by atoms with Gasteiger partial charge in [0.1, 0.15) is 12.1 Å². The molecule has 2 N–H and O–H groups in total. The molecule has 0 spiro atoms. The Labute approximate surface area is 181 Å². The Bertz CT molecular complexity index is 629. The summed E-state index contributed by atoms with van der Waals surface area (Å²) in [5.41, 5.74) is -1.54. The number of carbonyl (C=O) groups excluding carboxylic acids is 3. The summed E-state index contributed by atoms with van der Waals surface area (Å²) in [6.07, 6.45) is 5.65. The second-order valence-electron chi connectivity index (χ2n) is 8.81. The molecule has 1 saturated heterocycles. The molecule has 8 heteroatoms. The number of carbonyl (C=O) groups is 3. The van der Waals surface area contributed by atoms with Crippen LogP contribution in [0.1, 0.15) is 53.9 Å². The molecule has 166 valence electrons. The first-order valence-electron chi connectivity index (χ1n) is 10.3. The van der Waals surface area contributed by atoms with E-state index in [0.717, 1.165) is 12.8 Å². The number of ketones is 2. The van der Waals surface area contributed by atoms with E-state index in [0.29, 0.717) is 6.42 Å². The third kappa shape index (κ3) is 6.30. The molecule has 2 bridgehead atoms. The van der Waals surface area contributed by atoms with Gasteiger partial charge in [-0.25, -0.2) is 4.79 Å². The number of Topliss-reactive ketones (excluding diaryl/α,β-unsaturated/α-hetero) is 2. The molecule has 3 rings (SSSR count). The minimum Gasteiger partial charge on any atom is -0.445 e. The molecule has 0 aromatic rings. The van der Waals surface area contributed by atoms with Crippen molar-refractivity contribution in [1.29, 1.82) is 0 Å². The molecule has 3 aliphatic rings. The van der Waals surface area contributed by atoms with Crippen LogP contribution in [0.15, 0.2) is 12.2 Å². The average Bonchev–Trinajstić information content (AvgIpc) is 2.60. The maximum absolute atomic E-state index is 13.1. The number of allylic oxidation sites excluding steroid dienone is 1. The van der Waals surface area contributed by atoms with Gasteiger partial charge in [-0.1, -0.05) is 26.0 Å². The van der Waals surface area contributed by atoms with Crippen molar-refractivity contribution in [2.24, 2.45) is 5.92 Å². The lowest BCUT2D eigenvalue weighted by Gasteiger charge is -2.49. The third-order valence-corrected chi connectivity index (χ3v) is 5.50. The molecule has 1 atom stereocenters. The molecule has 29 heavy (non-hydrogen) atoms. The van der Waals surface area contributed by atoms with Crippen LogP contribution in [0.25, 0.3) is 0 Å². The highest BCUT2D eigenvalue weighted by Crippen LogP contribution is 2.25. The zero-order chi connectivity index (χ0) is 20.9. The van der Waals surface area contributed by atoms with Gasteiger partial charge in [-0.05, 0) is 40.0 Å². The SMILES string of the molecule is CC(C)NC12CN(C1)C(=O)OCC=CCCC[C@@](C)(C(=O)C(C)C)NCC2=O.S. The fourth-order valence-electron chi connectivity index (χ4n) is 3.99. The van der Waals surface area contributed by atoms with Crippen LogP contribution in [0, 0.1) is 5.92 Å². The minimum atomic E-state index is -0.794. The summed E-state index contributed by atoms with van der Waals surface area (Å²) < 4.78 is 5.26. The van der Waals surface area contributed by atoms with E-state index in [-0.39, 0.29) is 63.3 Å². The van der Waals surface area contributed by atoms with Crippen molar-refractivity contribution in [3.05, 3.63) is 12.2 Å². The van der Waals surface area contributed by atoms with E-state index < -0.39 is 17.2 Å². The first kappa shape index (κ1) is 25.7. The van der Waals surface area contributed by atoms with Crippen molar-refractivity contribution in [2.75, 3.05) is 26.2 Å². The number of ether oxygens (including phenoxy) is 1. The second-order valence-corrected chi connectivity index (χ2v) is 8.81. The van der Waals surface area contributed by atoms with Gasteiger partial charge in [0.15, 0.2) is 11.6 Å². The van der Waals surface area contributed by atoms with Gasteiger partial charge in [0, 0.05) is 12.0 Å². The average molecular weight is 428 g/mol. The van der Waals surface area contributed by atoms with Gasteiger partial charge in [0.25, 0.3) is 0 Å². The molecule has 0 aliphatic carbocycles. The lowest BCUT2D eigenvalue weighted by atomic mass is 9.82. The van der Waals surface area contributed by atoms with Crippen LogP contribution in [0.5, 0.6) is 0 Å². The van der Waals surface area contributed by atoms with E-state index in [9.17, 15) is 14.4 Å². The van der Waals surface area contributed by atoms with E-state index in [2.05, 4.69) is 10.6 Å². The molecular weight excluding hydrogens is 390 g/mol. The summed E-state index contributed by atoms with van der Waals surface area (Å²) in [4.78, 5) is 39.6. The number of hydrogen-bond donors (Lipinski definition) is 2. The largest absolute Gasteiger partial charge is 0.445 e. The summed E-state index contributed by atoms with van der Waals surface area (Å²) >= 11 is 0. The normalized spacial score (nSPS) is 28.9. The Morgan fingerprint density at radius 3 is 2.45 bits per heavy atom. The highest BCUT2D eigenvalue weighted by molar-refractivity contribution is 7.59. The van der Waals surface area contributed by atoms with Gasteiger partial charge < -0.3 is 9.64 Å². The number of nitrogens with one attached hydrogen (secondary N) is 2. The number of nitrogens with zero attached hydrogens (tertiary/aromatic N) is 1. The van der Waals surface area contributed by atoms with Crippen molar-refractivity contribution >= 4 is 31.2 Å². The van der Waals surface area contributed by atoms with Crippen molar-refractivity contribution in [3.8, 4) is 0 Å². The monoisotopic (exact) mass is 427 g/mol. The highest BCUT2D eigenvalue weighted by atomic mass is 32.1. The number of hydrogen-bond acceptors (Lipinski definition) is 6. The topological polar surface area (TPSA) is 87.7 Å². The molecular formula is C21H37N3O4S. The smallest absolute Gasteiger partial charge is 0.410 e.